The Morgan fingerprint density at radius 2 is 1.79 bits per heavy atom. The van der Waals surface area contributed by atoms with Crippen molar-refractivity contribution >= 4 is 0 Å². The average Bonchev–Trinajstić information content (AvgIpc) is 2.16. The van der Waals surface area contributed by atoms with E-state index in [9.17, 15) is 0 Å². The minimum absolute atomic E-state index is 0.424. The van der Waals surface area contributed by atoms with E-state index in [2.05, 4.69) is 31.0 Å². The Balaban J connectivity index is 2.25. The molecule has 0 radical (unpaired) electrons. The van der Waals surface area contributed by atoms with Crippen LogP contribution >= 0.6 is 0 Å². The Morgan fingerprint density at radius 1 is 1.14 bits per heavy atom. The van der Waals surface area contributed by atoms with E-state index >= 15 is 0 Å². The molecule has 1 saturated heterocycles. The van der Waals surface area contributed by atoms with Crippen LogP contribution in [0.3, 0.4) is 0 Å². The molecule has 1 aliphatic heterocycles. The standard InChI is InChI=1S/C12H26N2/c1-4-13-10-12(2,3)11-14-8-6-5-7-9-14/h13H,4-11H2,1-3H3. The molecule has 1 N–H and O–H groups in total. The summed E-state index contributed by atoms with van der Waals surface area (Å²) in [5.41, 5.74) is 0.424. The third-order valence-electron chi connectivity index (χ3n) is 2.95. The molecule has 0 aromatic carbocycles. The minimum Gasteiger partial charge on any atom is -0.316 e. The monoisotopic (exact) mass is 198 g/mol. The number of hydrogen-bond donors (Lipinski definition) is 1. The molecule has 84 valence electrons. The molecule has 14 heavy (non-hydrogen) atoms. The van der Waals surface area contributed by atoms with Crippen LogP contribution < -0.4 is 5.32 Å². The fourth-order valence-corrected chi connectivity index (χ4v) is 2.24. The lowest BCUT2D eigenvalue weighted by atomic mass is 9.92. The highest BCUT2D eigenvalue weighted by molar-refractivity contribution is 4.77. The van der Waals surface area contributed by atoms with E-state index in [1.807, 2.05) is 0 Å². The van der Waals surface area contributed by atoms with Gasteiger partial charge in [0, 0.05) is 13.1 Å². The molecule has 0 saturated carbocycles. The highest BCUT2D eigenvalue weighted by atomic mass is 15.1. The molecule has 1 heterocycles. The van der Waals surface area contributed by atoms with Crippen LogP contribution in [0.2, 0.25) is 0 Å². The van der Waals surface area contributed by atoms with Crippen LogP contribution in [-0.4, -0.2) is 37.6 Å². The fraction of sp³-hybridized carbons (Fsp3) is 1.00. The second kappa shape index (κ2) is 5.72. The Labute approximate surface area is 89.1 Å². The number of rotatable bonds is 5. The van der Waals surface area contributed by atoms with Gasteiger partial charge in [0.25, 0.3) is 0 Å². The highest BCUT2D eigenvalue weighted by Gasteiger charge is 2.22. The molecular formula is C12H26N2. The van der Waals surface area contributed by atoms with E-state index in [4.69, 9.17) is 0 Å². The van der Waals surface area contributed by atoms with Gasteiger partial charge in [-0.05, 0) is 37.9 Å². The lowest BCUT2D eigenvalue weighted by Gasteiger charge is -2.35. The van der Waals surface area contributed by atoms with Crippen LogP contribution in [0.5, 0.6) is 0 Å². The van der Waals surface area contributed by atoms with Crippen molar-refractivity contribution in [1.29, 1.82) is 0 Å². The summed E-state index contributed by atoms with van der Waals surface area (Å²) in [5.74, 6) is 0. The molecule has 0 aromatic rings. The number of piperidine rings is 1. The van der Waals surface area contributed by atoms with Gasteiger partial charge in [0.1, 0.15) is 0 Å². The smallest absolute Gasteiger partial charge is 0.00448 e. The van der Waals surface area contributed by atoms with E-state index in [1.165, 1.54) is 38.9 Å². The summed E-state index contributed by atoms with van der Waals surface area (Å²) in [6.45, 7) is 13.0. The van der Waals surface area contributed by atoms with Crippen molar-refractivity contribution < 1.29 is 0 Å². The van der Waals surface area contributed by atoms with Gasteiger partial charge in [-0.1, -0.05) is 27.2 Å². The van der Waals surface area contributed by atoms with Crippen molar-refractivity contribution in [2.75, 3.05) is 32.7 Å². The fourth-order valence-electron chi connectivity index (χ4n) is 2.24. The van der Waals surface area contributed by atoms with Crippen molar-refractivity contribution in [3.63, 3.8) is 0 Å². The second-order valence-electron chi connectivity index (χ2n) is 5.28. The molecule has 0 amide bonds. The van der Waals surface area contributed by atoms with Crippen molar-refractivity contribution in [2.24, 2.45) is 5.41 Å². The van der Waals surface area contributed by atoms with Gasteiger partial charge in [0.2, 0.25) is 0 Å². The SMILES string of the molecule is CCNCC(C)(C)CN1CCCCC1. The third kappa shape index (κ3) is 4.43. The zero-order chi connectivity index (χ0) is 10.4. The maximum atomic E-state index is 3.45. The maximum Gasteiger partial charge on any atom is 0.00448 e. The van der Waals surface area contributed by atoms with Gasteiger partial charge in [-0.25, -0.2) is 0 Å². The van der Waals surface area contributed by atoms with Gasteiger partial charge in [0.15, 0.2) is 0 Å². The summed E-state index contributed by atoms with van der Waals surface area (Å²) in [7, 11) is 0. The predicted octanol–water partition coefficient (Wildman–Crippen LogP) is 2.11. The van der Waals surface area contributed by atoms with E-state index in [-0.39, 0.29) is 0 Å². The second-order valence-corrected chi connectivity index (χ2v) is 5.28. The van der Waals surface area contributed by atoms with Crippen LogP contribution in [-0.2, 0) is 0 Å². The quantitative estimate of drug-likeness (QED) is 0.728. The molecular weight excluding hydrogens is 172 g/mol. The highest BCUT2D eigenvalue weighted by Crippen LogP contribution is 2.18. The average molecular weight is 198 g/mol. The molecule has 2 heteroatoms. The molecule has 0 spiro atoms. The van der Waals surface area contributed by atoms with Crippen molar-refractivity contribution in [3.05, 3.63) is 0 Å². The van der Waals surface area contributed by atoms with Crippen LogP contribution in [0.4, 0.5) is 0 Å². The predicted molar refractivity (Wildman–Crippen MR) is 62.6 cm³/mol. The maximum absolute atomic E-state index is 3.45. The van der Waals surface area contributed by atoms with E-state index < -0.39 is 0 Å². The van der Waals surface area contributed by atoms with Crippen molar-refractivity contribution in [2.45, 2.75) is 40.0 Å². The number of hydrogen-bond acceptors (Lipinski definition) is 2. The molecule has 1 fully saturated rings. The number of nitrogens with one attached hydrogen (secondary N) is 1. The zero-order valence-corrected chi connectivity index (χ0v) is 10.1. The van der Waals surface area contributed by atoms with Gasteiger partial charge in [-0.3, -0.25) is 0 Å². The first kappa shape index (κ1) is 12.0. The molecule has 1 rings (SSSR count). The molecule has 0 aromatic heterocycles. The van der Waals surface area contributed by atoms with Crippen LogP contribution in [0.1, 0.15) is 40.0 Å². The van der Waals surface area contributed by atoms with E-state index in [1.54, 1.807) is 0 Å². The topological polar surface area (TPSA) is 15.3 Å². The minimum atomic E-state index is 0.424. The molecule has 0 atom stereocenters. The molecule has 0 aliphatic carbocycles. The molecule has 2 nitrogen and oxygen atoms in total. The summed E-state index contributed by atoms with van der Waals surface area (Å²) in [4.78, 5) is 2.63. The van der Waals surface area contributed by atoms with Gasteiger partial charge < -0.3 is 10.2 Å². The van der Waals surface area contributed by atoms with Crippen LogP contribution in [0, 0.1) is 5.41 Å². The van der Waals surface area contributed by atoms with Crippen LogP contribution in [0.25, 0.3) is 0 Å². The first-order valence-electron chi connectivity index (χ1n) is 6.07. The zero-order valence-electron chi connectivity index (χ0n) is 10.1. The first-order chi connectivity index (χ1) is 6.64. The number of likely N-dealkylation sites (tertiary alicyclic amines) is 1. The lowest BCUT2D eigenvalue weighted by Crippen LogP contribution is -2.42. The third-order valence-corrected chi connectivity index (χ3v) is 2.95. The van der Waals surface area contributed by atoms with Gasteiger partial charge >= 0.3 is 0 Å². The Bertz CT molecular complexity index is 148. The number of nitrogens with zero attached hydrogens (tertiary/aromatic N) is 1. The van der Waals surface area contributed by atoms with Gasteiger partial charge in [0.05, 0.1) is 0 Å². The lowest BCUT2D eigenvalue weighted by molar-refractivity contribution is 0.151. The molecule has 0 unspecified atom stereocenters. The van der Waals surface area contributed by atoms with Gasteiger partial charge in [-0.15, -0.1) is 0 Å². The molecule has 0 bridgehead atoms. The summed E-state index contributed by atoms with van der Waals surface area (Å²) in [6.07, 6.45) is 4.23. The summed E-state index contributed by atoms with van der Waals surface area (Å²) in [5, 5.41) is 3.45. The largest absolute Gasteiger partial charge is 0.316 e. The van der Waals surface area contributed by atoms with E-state index in [0.717, 1.165) is 13.1 Å². The summed E-state index contributed by atoms with van der Waals surface area (Å²) < 4.78 is 0. The Kier molecular flexibility index (Phi) is 4.90. The normalized spacial score (nSPS) is 19.9. The Morgan fingerprint density at radius 3 is 2.36 bits per heavy atom. The molecule has 1 aliphatic rings. The van der Waals surface area contributed by atoms with E-state index in [0.29, 0.717) is 5.41 Å². The van der Waals surface area contributed by atoms with Crippen molar-refractivity contribution in [1.82, 2.24) is 10.2 Å². The summed E-state index contributed by atoms with van der Waals surface area (Å²) in [6, 6.07) is 0. The van der Waals surface area contributed by atoms with Crippen molar-refractivity contribution in [3.8, 4) is 0 Å². The van der Waals surface area contributed by atoms with Crippen LogP contribution in [0.15, 0.2) is 0 Å². The Hall–Kier alpha value is -0.0800. The summed E-state index contributed by atoms with van der Waals surface area (Å²) >= 11 is 0. The first-order valence-corrected chi connectivity index (χ1v) is 6.07. The van der Waals surface area contributed by atoms with Gasteiger partial charge in [-0.2, -0.15) is 0 Å².